The molecule has 76 valence electrons. The highest BCUT2D eigenvalue weighted by Crippen LogP contribution is 2.23. The molecule has 2 N–H and O–H groups in total. The van der Waals surface area contributed by atoms with E-state index in [9.17, 15) is 10.2 Å². The molecule has 0 aromatic rings. The average molecular weight is 184 g/mol. The third kappa shape index (κ3) is 3.80. The van der Waals surface area contributed by atoms with Crippen LogP contribution in [0.25, 0.3) is 0 Å². The third-order valence-corrected chi connectivity index (χ3v) is 2.26. The first-order valence-corrected chi connectivity index (χ1v) is 4.90. The van der Waals surface area contributed by atoms with Crippen molar-refractivity contribution in [1.29, 1.82) is 0 Å². The summed E-state index contributed by atoms with van der Waals surface area (Å²) in [6.07, 6.45) is 1.75. The molecule has 2 atom stereocenters. The quantitative estimate of drug-likeness (QED) is 0.638. The number of aliphatic hydroxyl groups excluding tert-OH is 1. The lowest BCUT2D eigenvalue weighted by molar-refractivity contribution is -0.0782. The second kappa shape index (κ2) is 6.01. The smallest absolute Gasteiger partial charge is 0.101 e. The highest BCUT2D eigenvalue weighted by Gasteiger charge is 2.32. The molecule has 0 amide bonds. The van der Waals surface area contributed by atoms with Crippen LogP contribution in [0.2, 0.25) is 0 Å². The van der Waals surface area contributed by atoms with Gasteiger partial charge in [0.1, 0.15) is 5.60 Å². The van der Waals surface area contributed by atoms with E-state index in [-0.39, 0.29) is 0 Å². The van der Waals surface area contributed by atoms with E-state index < -0.39 is 11.7 Å². The van der Waals surface area contributed by atoms with Crippen LogP contribution in [0, 0.1) is 11.8 Å². The molecule has 0 fully saturated rings. The lowest BCUT2D eigenvalue weighted by atomic mass is 9.87. The number of rotatable bonds is 5. The van der Waals surface area contributed by atoms with Crippen LogP contribution in [0.3, 0.4) is 0 Å². The van der Waals surface area contributed by atoms with Crippen molar-refractivity contribution in [1.82, 2.24) is 0 Å². The standard InChI is InChI=1S/C11H20O2/c1-4-7-9-11(13,8-5-2)10(12)6-3/h10,12-13H,5-6,8-9H2,1-3H3. The fraction of sp³-hybridized carbons (Fsp3) is 0.818. The average Bonchev–Trinajstić information content (AvgIpc) is 2.14. The monoisotopic (exact) mass is 184 g/mol. The molecule has 0 rings (SSSR count). The van der Waals surface area contributed by atoms with Gasteiger partial charge in [-0.1, -0.05) is 20.3 Å². The molecule has 0 bridgehead atoms. The first-order valence-electron chi connectivity index (χ1n) is 4.90. The van der Waals surface area contributed by atoms with Gasteiger partial charge in [-0.3, -0.25) is 0 Å². The van der Waals surface area contributed by atoms with Gasteiger partial charge in [0, 0.05) is 6.42 Å². The molecule has 13 heavy (non-hydrogen) atoms. The fourth-order valence-corrected chi connectivity index (χ4v) is 1.43. The summed E-state index contributed by atoms with van der Waals surface area (Å²) in [6, 6.07) is 0. The normalized spacial score (nSPS) is 17.0. The highest BCUT2D eigenvalue weighted by atomic mass is 16.3. The van der Waals surface area contributed by atoms with Gasteiger partial charge in [-0.15, -0.1) is 11.8 Å². The molecule has 2 nitrogen and oxygen atoms in total. The first kappa shape index (κ1) is 12.5. The Balaban J connectivity index is 4.37. The van der Waals surface area contributed by atoms with Gasteiger partial charge in [-0.05, 0) is 19.8 Å². The van der Waals surface area contributed by atoms with E-state index in [1.807, 2.05) is 13.8 Å². The Labute approximate surface area is 81.0 Å². The molecular formula is C11H20O2. The molecule has 0 aromatic carbocycles. The van der Waals surface area contributed by atoms with Crippen molar-refractivity contribution >= 4 is 0 Å². The predicted octanol–water partition coefficient (Wildman–Crippen LogP) is 1.70. The fourth-order valence-electron chi connectivity index (χ4n) is 1.43. The van der Waals surface area contributed by atoms with Crippen molar-refractivity contribution in [3.05, 3.63) is 0 Å². The van der Waals surface area contributed by atoms with Gasteiger partial charge in [0.2, 0.25) is 0 Å². The molecule has 0 saturated heterocycles. The summed E-state index contributed by atoms with van der Waals surface area (Å²) >= 11 is 0. The Morgan fingerprint density at radius 1 is 1.38 bits per heavy atom. The molecule has 0 spiro atoms. The molecule has 0 aromatic heterocycles. The van der Waals surface area contributed by atoms with Crippen molar-refractivity contribution in [2.24, 2.45) is 0 Å². The van der Waals surface area contributed by atoms with Gasteiger partial charge in [-0.25, -0.2) is 0 Å². The lowest BCUT2D eigenvalue weighted by Crippen LogP contribution is -2.41. The van der Waals surface area contributed by atoms with Crippen LogP contribution in [0.1, 0.15) is 46.5 Å². The molecule has 2 unspecified atom stereocenters. The summed E-state index contributed by atoms with van der Waals surface area (Å²) in [7, 11) is 0. The van der Waals surface area contributed by atoms with Crippen LogP contribution < -0.4 is 0 Å². The molecule has 0 aliphatic carbocycles. The minimum atomic E-state index is -1.01. The molecule has 0 aliphatic rings. The molecule has 0 heterocycles. The van der Waals surface area contributed by atoms with Crippen molar-refractivity contribution in [3.63, 3.8) is 0 Å². The van der Waals surface area contributed by atoms with Crippen LogP contribution in [0.5, 0.6) is 0 Å². The summed E-state index contributed by atoms with van der Waals surface area (Å²) in [4.78, 5) is 0. The molecular weight excluding hydrogens is 164 g/mol. The van der Waals surface area contributed by atoms with E-state index in [1.54, 1.807) is 6.92 Å². The van der Waals surface area contributed by atoms with Gasteiger partial charge in [0.15, 0.2) is 0 Å². The zero-order valence-electron chi connectivity index (χ0n) is 8.80. The lowest BCUT2D eigenvalue weighted by Gasteiger charge is -2.30. The second-order valence-electron chi connectivity index (χ2n) is 3.38. The van der Waals surface area contributed by atoms with Crippen LogP contribution >= 0.6 is 0 Å². The minimum absolute atomic E-state index is 0.367. The van der Waals surface area contributed by atoms with Crippen LogP contribution in [0.4, 0.5) is 0 Å². The van der Waals surface area contributed by atoms with Crippen molar-refractivity contribution < 1.29 is 10.2 Å². The SMILES string of the molecule is CC#CCC(O)(CCC)C(O)CC. The predicted molar refractivity (Wildman–Crippen MR) is 54.2 cm³/mol. The zero-order chi connectivity index (χ0) is 10.3. The van der Waals surface area contributed by atoms with E-state index in [0.29, 0.717) is 19.3 Å². The Morgan fingerprint density at radius 3 is 2.38 bits per heavy atom. The molecule has 0 radical (unpaired) electrons. The molecule has 0 saturated carbocycles. The van der Waals surface area contributed by atoms with E-state index in [1.165, 1.54) is 0 Å². The summed E-state index contributed by atoms with van der Waals surface area (Å²) in [5.74, 6) is 5.57. The molecule has 2 heteroatoms. The second-order valence-corrected chi connectivity index (χ2v) is 3.38. The van der Waals surface area contributed by atoms with E-state index in [0.717, 1.165) is 6.42 Å². The largest absolute Gasteiger partial charge is 0.390 e. The van der Waals surface area contributed by atoms with E-state index in [4.69, 9.17) is 0 Å². The summed E-state index contributed by atoms with van der Waals surface area (Å²) in [6.45, 7) is 5.60. The summed E-state index contributed by atoms with van der Waals surface area (Å²) < 4.78 is 0. The van der Waals surface area contributed by atoms with Gasteiger partial charge in [-0.2, -0.15) is 0 Å². The van der Waals surface area contributed by atoms with Crippen molar-refractivity contribution in [2.45, 2.75) is 58.2 Å². The van der Waals surface area contributed by atoms with E-state index in [2.05, 4.69) is 11.8 Å². The Bertz CT molecular complexity index is 190. The summed E-state index contributed by atoms with van der Waals surface area (Å²) in [5.41, 5.74) is -1.01. The number of hydrogen-bond acceptors (Lipinski definition) is 2. The maximum absolute atomic E-state index is 10.1. The van der Waals surface area contributed by atoms with Crippen LogP contribution in [-0.2, 0) is 0 Å². The number of aliphatic hydroxyl groups is 2. The first-order chi connectivity index (χ1) is 6.10. The maximum Gasteiger partial charge on any atom is 0.101 e. The third-order valence-electron chi connectivity index (χ3n) is 2.26. The minimum Gasteiger partial charge on any atom is -0.390 e. The van der Waals surface area contributed by atoms with Crippen molar-refractivity contribution in [3.8, 4) is 11.8 Å². The topological polar surface area (TPSA) is 40.5 Å². The summed E-state index contributed by atoms with van der Waals surface area (Å²) in [5, 5.41) is 19.7. The van der Waals surface area contributed by atoms with E-state index >= 15 is 0 Å². The maximum atomic E-state index is 10.1. The Kier molecular flexibility index (Phi) is 5.77. The van der Waals surface area contributed by atoms with Crippen LogP contribution in [0.15, 0.2) is 0 Å². The Hall–Kier alpha value is -0.520. The Morgan fingerprint density at radius 2 is 2.00 bits per heavy atom. The molecule has 0 aliphatic heterocycles. The van der Waals surface area contributed by atoms with Gasteiger partial charge >= 0.3 is 0 Å². The van der Waals surface area contributed by atoms with Crippen LogP contribution in [-0.4, -0.2) is 21.9 Å². The number of hydrogen-bond donors (Lipinski definition) is 2. The van der Waals surface area contributed by atoms with Gasteiger partial charge < -0.3 is 10.2 Å². The van der Waals surface area contributed by atoms with Crippen molar-refractivity contribution in [2.75, 3.05) is 0 Å². The zero-order valence-corrected chi connectivity index (χ0v) is 8.80. The highest BCUT2D eigenvalue weighted by molar-refractivity contribution is 5.03. The van der Waals surface area contributed by atoms with Gasteiger partial charge in [0.05, 0.1) is 6.10 Å². The van der Waals surface area contributed by atoms with Gasteiger partial charge in [0.25, 0.3) is 0 Å².